The Morgan fingerprint density at radius 2 is 1.88 bits per heavy atom. The Hall–Kier alpha value is -1.55. The molecule has 0 aliphatic heterocycles. The molecule has 2 rings (SSSR count). The van der Waals surface area contributed by atoms with Gasteiger partial charge in [0.05, 0.1) is 6.61 Å². The lowest BCUT2D eigenvalue weighted by Gasteiger charge is -2.28. The average Bonchev–Trinajstić information content (AvgIpc) is 2.62. The number of nitrogens with zero attached hydrogens (tertiary/aromatic N) is 1. The number of hydrogen-bond acceptors (Lipinski definition) is 2. The van der Waals surface area contributed by atoms with Gasteiger partial charge in [0, 0.05) is 26.2 Å². The second-order valence-corrected chi connectivity index (χ2v) is 6.85. The maximum atomic E-state index is 5.71. The molecule has 0 unspecified atom stereocenters. The number of aliphatic imine (C=N–C) groups is 1. The van der Waals surface area contributed by atoms with Crippen molar-refractivity contribution >= 4 is 5.96 Å². The topological polar surface area (TPSA) is 45.7 Å². The summed E-state index contributed by atoms with van der Waals surface area (Å²) in [5.41, 5.74) is 1.24. The molecule has 0 radical (unpaired) electrons. The molecule has 134 valence electrons. The molecule has 0 atom stereocenters. The Labute approximate surface area is 147 Å². The Balaban J connectivity index is 1.49. The molecule has 0 bridgehead atoms. The molecule has 4 heteroatoms. The SMILES string of the molecule is CN=C(NCCCCOCc1ccccc1)NC1CCC(C)CC1. The van der Waals surface area contributed by atoms with E-state index in [1.165, 1.54) is 31.2 Å². The molecule has 1 aliphatic rings. The van der Waals surface area contributed by atoms with Gasteiger partial charge in [-0.2, -0.15) is 0 Å². The standard InChI is InChI=1S/C20H33N3O/c1-17-10-12-19(13-11-17)23-20(21-2)22-14-6-7-15-24-16-18-8-4-3-5-9-18/h3-5,8-9,17,19H,6-7,10-16H2,1-2H3,(H2,21,22,23). The molecule has 0 aromatic heterocycles. The van der Waals surface area contributed by atoms with Crippen LogP contribution in [0.2, 0.25) is 0 Å². The largest absolute Gasteiger partial charge is 0.377 e. The van der Waals surface area contributed by atoms with Gasteiger partial charge in [-0.25, -0.2) is 0 Å². The molecule has 0 heterocycles. The number of ether oxygens (including phenoxy) is 1. The van der Waals surface area contributed by atoms with Crippen LogP contribution in [0.3, 0.4) is 0 Å². The molecule has 0 spiro atoms. The fourth-order valence-electron chi connectivity index (χ4n) is 3.09. The summed E-state index contributed by atoms with van der Waals surface area (Å²) in [6.45, 7) is 4.81. The molecule has 4 nitrogen and oxygen atoms in total. The van der Waals surface area contributed by atoms with E-state index in [0.717, 1.165) is 37.9 Å². The first-order chi connectivity index (χ1) is 11.8. The number of benzene rings is 1. The average molecular weight is 332 g/mol. The van der Waals surface area contributed by atoms with Gasteiger partial charge in [-0.1, -0.05) is 37.3 Å². The number of rotatable bonds is 8. The van der Waals surface area contributed by atoms with Crippen molar-refractivity contribution < 1.29 is 4.74 Å². The quantitative estimate of drug-likeness (QED) is 0.433. The summed E-state index contributed by atoms with van der Waals surface area (Å²) >= 11 is 0. The van der Waals surface area contributed by atoms with Crippen molar-refractivity contribution in [1.29, 1.82) is 0 Å². The lowest BCUT2D eigenvalue weighted by Crippen LogP contribution is -2.45. The van der Waals surface area contributed by atoms with E-state index in [4.69, 9.17) is 4.74 Å². The van der Waals surface area contributed by atoms with Crippen LogP contribution in [0, 0.1) is 5.92 Å². The Morgan fingerprint density at radius 1 is 1.12 bits per heavy atom. The van der Waals surface area contributed by atoms with Crippen molar-refractivity contribution in [2.45, 2.75) is 58.1 Å². The van der Waals surface area contributed by atoms with Crippen molar-refractivity contribution in [3.63, 3.8) is 0 Å². The van der Waals surface area contributed by atoms with E-state index < -0.39 is 0 Å². The summed E-state index contributed by atoms with van der Waals surface area (Å²) in [5.74, 6) is 1.83. The molecule has 1 aromatic rings. The predicted molar refractivity (Wildman–Crippen MR) is 101 cm³/mol. The van der Waals surface area contributed by atoms with E-state index in [2.05, 4.69) is 34.7 Å². The first-order valence-electron chi connectivity index (χ1n) is 9.36. The fourth-order valence-corrected chi connectivity index (χ4v) is 3.09. The van der Waals surface area contributed by atoms with E-state index in [0.29, 0.717) is 12.6 Å². The van der Waals surface area contributed by atoms with Gasteiger partial charge >= 0.3 is 0 Å². The third kappa shape index (κ3) is 7.35. The van der Waals surface area contributed by atoms with E-state index in [1.807, 2.05) is 25.2 Å². The normalized spacial score (nSPS) is 21.5. The Morgan fingerprint density at radius 3 is 2.58 bits per heavy atom. The van der Waals surface area contributed by atoms with E-state index in [-0.39, 0.29) is 0 Å². The van der Waals surface area contributed by atoms with Crippen molar-refractivity contribution in [3.8, 4) is 0 Å². The first-order valence-corrected chi connectivity index (χ1v) is 9.36. The van der Waals surface area contributed by atoms with Gasteiger partial charge in [0.2, 0.25) is 0 Å². The summed E-state index contributed by atoms with van der Waals surface area (Å²) in [5, 5.41) is 6.98. The summed E-state index contributed by atoms with van der Waals surface area (Å²) in [4.78, 5) is 4.34. The van der Waals surface area contributed by atoms with Gasteiger partial charge in [-0.3, -0.25) is 4.99 Å². The highest BCUT2D eigenvalue weighted by Crippen LogP contribution is 2.23. The van der Waals surface area contributed by atoms with Gasteiger partial charge in [0.1, 0.15) is 0 Å². The van der Waals surface area contributed by atoms with Gasteiger partial charge < -0.3 is 15.4 Å². The van der Waals surface area contributed by atoms with Gasteiger partial charge in [0.25, 0.3) is 0 Å². The third-order valence-electron chi connectivity index (χ3n) is 4.70. The molecule has 24 heavy (non-hydrogen) atoms. The van der Waals surface area contributed by atoms with Crippen molar-refractivity contribution in [2.24, 2.45) is 10.9 Å². The third-order valence-corrected chi connectivity index (χ3v) is 4.70. The summed E-state index contributed by atoms with van der Waals surface area (Å²) in [6, 6.07) is 10.9. The molecule has 2 N–H and O–H groups in total. The van der Waals surface area contributed by atoms with Crippen LogP contribution >= 0.6 is 0 Å². The summed E-state index contributed by atoms with van der Waals surface area (Å²) < 4.78 is 5.71. The first kappa shape index (κ1) is 18.8. The highest BCUT2D eigenvalue weighted by molar-refractivity contribution is 5.79. The highest BCUT2D eigenvalue weighted by atomic mass is 16.5. The highest BCUT2D eigenvalue weighted by Gasteiger charge is 2.18. The maximum absolute atomic E-state index is 5.71. The van der Waals surface area contributed by atoms with Crippen molar-refractivity contribution in [2.75, 3.05) is 20.2 Å². The lowest BCUT2D eigenvalue weighted by atomic mass is 9.87. The van der Waals surface area contributed by atoms with Crippen LogP contribution in [0.15, 0.2) is 35.3 Å². The fraction of sp³-hybridized carbons (Fsp3) is 0.650. The maximum Gasteiger partial charge on any atom is 0.191 e. The van der Waals surface area contributed by atoms with Crippen molar-refractivity contribution in [1.82, 2.24) is 10.6 Å². The van der Waals surface area contributed by atoms with Crippen LogP contribution in [0.4, 0.5) is 0 Å². The molecule has 1 aliphatic carbocycles. The molecule has 0 saturated heterocycles. The minimum atomic E-state index is 0.585. The number of guanidine groups is 1. The van der Waals surface area contributed by atoms with E-state index in [1.54, 1.807) is 0 Å². The van der Waals surface area contributed by atoms with Gasteiger partial charge in [-0.15, -0.1) is 0 Å². The summed E-state index contributed by atoms with van der Waals surface area (Å²) in [6.07, 6.45) is 7.33. The zero-order chi connectivity index (χ0) is 17.0. The predicted octanol–water partition coefficient (Wildman–Crippen LogP) is 3.73. The minimum Gasteiger partial charge on any atom is -0.377 e. The second-order valence-electron chi connectivity index (χ2n) is 6.85. The number of nitrogens with one attached hydrogen (secondary N) is 2. The van der Waals surface area contributed by atoms with Crippen LogP contribution < -0.4 is 10.6 Å². The molecule has 1 fully saturated rings. The minimum absolute atomic E-state index is 0.585. The second kappa shape index (κ2) is 11.1. The van der Waals surface area contributed by atoms with Crippen LogP contribution in [0.25, 0.3) is 0 Å². The zero-order valence-electron chi connectivity index (χ0n) is 15.3. The monoisotopic (exact) mass is 331 g/mol. The van der Waals surface area contributed by atoms with Crippen molar-refractivity contribution in [3.05, 3.63) is 35.9 Å². The number of unbranched alkanes of at least 4 members (excludes halogenated alkanes) is 1. The number of hydrogen-bond donors (Lipinski definition) is 2. The summed E-state index contributed by atoms with van der Waals surface area (Å²) in [7, 11) is 1.85. The molecular weight excluding hydrogens is 298 g/mol. The zero-order valence-corrected chi connectivity index (χ0v) is 15.3. The van der Waals surface area contributed by atoms with E-state index in [9.17, 15) is 0 Å². The van der Waals surface area contributed by atoms with Crippen LogP contribution in [-0.2, 0) is 11.3 Å². The Bertz CT molecular complexity index is 467. The van der Waals surface area contributed by atoms with Gasteiger partial charge in [-0.05, 0) is 50.0 Å². The Kier molecular flexibility index (Phi) is 8.67. The van der Waals surface area contributed by atoms with Crippen LogP contribution in [0.1, 0.15) is 51.0 Å². The molecule has 1 saturated carbocycles. The molecule has 0 amide bonds. The van der Waals surface area contributed by atoms with E-state index >= 15 is 0 Å². The van der Waals surface area contributed by atoms with Crippen LogP contribution in [0.5, 0.6) is 0 Å². The van der Waals surface area contributed by atoms with Gasteiger partial charge in [0.15, 0.2) is 5.96 Å². The lowest BCUT2D eigenvalue weighted by molar-refractivity contribution is 0.117. The molecular formula is C20H33N3O. The smallest absolute Gasteiger partial charge is 0.191 e. The van der Waals surface area contributed by atoms with Crippen LogP contribution in [-0.4, -0.2) is 32.2 Å². The molecule has 1 aromatic carbocycles.